The third-order valence-corrected chi connectivity index (χ3v) is 4.45. The van der Waals surface area contributed by atoms with Crippen LogP contribution in [0.2, 0.25) is 0 Å². The van der Waals surface area contributed by atoms with Crippen LogP contribution in [0.15, 0.2) is 39.6 Å². The molecule has 2 amide bonds. The van der Waals surface area contributed by atoms with Crippen molar-refractivity contribution >= 4 is 33.6 Å². The molecule has 1 N–H and O–H groups in total. The number of nitrogens with zero attached hydrogens (tertiary/aromatic N) is 2. The average Bonchev–Trinajstić information content (AvgIpc) is 3.01. The molecule has 126 valence electrons. The largest absolute Gasteiger partial charge is 0.457 e. The van der Waals surface area contributed by atoms with Crippen molar-refractivity contribution in [2.45, 2.75) is 19.8 Å². The summed E-state index contributed by atoms with van der Waals surface area (Å²) in [6.07, 6.45) is 2.98. The molecule has 0 saturated carbocycles. The molecule has 1 fully saturated rings. The van der Waals surface area contributed by atoms with Gasteiger partial charge in [-0.05, 0) is 47.8 Å². The second kappa shape index (κ2) is 7.17. The van der Waals surface area contributed by atoms with Gasteiger partial charge in [-0.2, -0.15) is 0 Å². The summed E-state index contributed by atoms with van der Waals surface area (Å²) in [6.45, 7) is 2.92. The van der Waals surface area contributed by atoms with E-state index in [4.69, 9.17) is 4.42 Å². The van der Waals surface area contributed by atoms with Crippen molar-refractivity contribution in [2.75, 3.05) is 18.4 Å². The monoisotopic (exact) mass is 391 g/mol. The number of hydrogen-bond acceptors (Lipinski definition) is 4. The maximum absolute atomic E-state index is 12.5. The van der Waals surface area contributed by atoms with Gasteiger partial charge in [0.2, 0.25) is 5.91 Å². The van der Waals surface area contributed by atoms with Crippen LogP contribution in [0.25, 0.3) is 0 Å². The van der Waals surface area contributed by atoms with Gasteiger partial charge in [-0.15, -0.1) is 0 Å². The number of anilines is 1. The Morgan fingerprint density at radius 2 is 2.25 bits per heavy atom. The van der Waals surface area contributed by atoms with Gasteiger partial charge in [0.05, 0.1) is 11.5 Å². The highest BCUT2D eigenvalue weighted by Gasteiger charge is 2.29. The van der Waals surface area contributed by atoms with E-state index in [0.717, 1.165) is 18.5 Å². The molecule has 1 aliphatic heterocycles. The number of nitrogens with one attached hydrogen (secondary N) is 1. The lowest BCUT2D eigenvalue weighted by Crippen LogP contribution is -2.43. The Morgan fingerprint density at radius 1 is 1.42 bits per heavy atom. The smallest absolute Gasteiger partial charge is 0.257 e. The van der Waals surface area contributed by atoms with Gasteiger partial charge >= 0.3 is 0 Å². The van der Waals surface area contributed by atoms with Crippen LogP contribution >= 0.6 is 15.9 Å². The first kappa shape index (κ1) is 16.7. The molecule has 2 aromatic rings. The molecule has 1 unspecified atom stereocenters. The topological polar surface area (TPSA) is 75.4 Å². The Morgan fingerprint density at radius 3 is 2.96 bits per heavy atom. The number of aromatic nitrogens is 1. The number of furan rings is 1. The Balaban J connectivity index is 1.64. The SMILES string of the molecule is Cc1cccc(NC(=O)C2CCCN(C(=O)c3coc(Br)c3)C2)n1. The zero-order chi connectivity index (χ0) is 17.1. The van der Waals surface area contributed by atoms with Gasteiger partial charge in [-0.25, -0.2) is 4.98 Å². The normalized spacial score (nSPS) is 17.6. The molecule has 1 aliphatic rings. The van der Waals surface area contributed by atoms with Crippen LogP contribution in [0.5, 0.6) is 0 Å². The molecule has 1 atom stereocenters. The summed E-state index contributed by atoms with van der Waals surface area (Å²) in [5.41, 5.74) is 1.34. The summed E-state index contributed by atoms with van der Waals surface area (Å²) >= 11 is 3.19. The number of hydrogen-bond donors (Lipinski definition) is 1. The minimum Gasteiger partial charge on any atom is -0.457 e. The fourth-order valence-corrected chi connectivity index (χ4v) is 3.16. The van der Waals surface area contributed by atoms with Crippen molar-refractivity contribution in [3.8, 4) is 0 Å². The van der Waals surface area contributed by atoms with E-state index in [1.807, 2.05) is 19.1 Å². The summed E-state index contributed by atoms with van der Waals surface area (Å²) in [4.78, 5) is 30.9. The first-order chi connectivity index (χ1) is 11.5. The van der Waals surface area contributed by atoms with Crippen LogP contribution in [-0.4, -0.2) is 34.8 Å². The highest BCUT2D eigenvalue weighted by molar-refractivity contribution is 9.10. The maximum atomic E-state index is 12.5. The number of amides is 2. The number of pyridine rings is 1. The number of rotatable bonds is 3. The van der Waals surface area contributed by atoms with E-state index in [2.05, 4.69) is 26.2 Å². The van der Waals surface area contributed by atoms with Crippen molar-refractivity contribution in [3.63, 3.8) is 0 Å². The predicted molar refractivity (Wildman–Crippen MR) is 92.6 cm³/mol. The molecule has 0 bridgehead atoms. The highest BCUT2D eigenvalue weighted by Crippen LogP contribution is 2.22. The third-order valence-electron chi connectivity index (χ3n) is 4.03. The quantitative estimate of drug-likeness (QED) is 0.870. The second-order valence-corrected chi connectivity index (χ2v) is 6.66. The first-order valence-corrected chi connectivity index (χ1v) is 8.60. The molecular weight excluding hydrogens is 374 g/mol. The molecule has 1 saturated heterocycles. The van der Waals surface area contributed by atoms with Crippen LogP contribution in [-0.2, 0) is 4.79 Å². The molecule has 3 heterocycles. The van der Waals surface area contributed by atoms with Crippen molar-refractivity contribution in [1.29, 1.82) is 0 Å². The maximum Gasteiger partial charge on any atom is 0.257 e. The summed E-state index contributed by atoms with van der Waals surface area (Å²) < 4.78 is 5.64. The predicted octanol–water partition coefficient (Wildman–Crippen LogP) is 3.24. The number of aryl methyl sites for hydroxylation is 1. The molecule has 0 spiro atoms. The zero-order valence-corrected chi connectivity index (χ0v) is 14.9. The lowest BCUT2D eigenvalue weighted by molar-refractivity contribution is -0.121. The van der Waals surface area contributed by atoms with Crippen LogP contribution in [0.1, 0.15) is 28.9 Å². The van der Waals surface area contributed by atoms with E-state index in [9.17, 15) is 9.59 Å². The fraction of sp³-hybridized carbons (Fsp3) is 0.353. The van der Waals surface area contributed by atoms with Gasteiger partial charge in [0.1, 0.15) is 12.1 Å². The van der Waals surface area contributed by atoms with Crippen molar-refractivity contribution in [1.82, 2.24) is 9.88 Å². The minimum absolute atomic E-state index is 0.0982. The van der Waals surface area contributed by atoms with E-state index >= 15 is 0 Å². The Bertz CT molecular complexity index is 759. The molecule has 2 aromatic heterocycles. The van der Waals surface area contributed by atoms with Crippen molar-refractivity contribution in [2.24, 2.45) is 5.92 Å². The van der Waals surface area contributed by atoms with Gasteiger partial charge in [-0.1, -0.05) is 6.07 Å². The Labute approximate surface area is 148 Å². The number of piperidine rings is 1. The molecule has 7 heteroatoms. The van der Waals surface area contributed by atoms with Gasteiger partial charge in [0, 0.05) is 24.8 Å². The average molecular weight is 392 g/mol. The summed E-state index contributed by atoms with van der Waals surface area (Å²) in [6, 6.07) is 7.13. The Hall–Kier alpha value is -2.15. The second-order valence-electron chi connectivity index (χ2n) is 5.88. The minimum atomic E-state index is -0.236. The van der Waals surface area contributed by atoms with Crippen LogP contribution < -0.4 is 5.32 Å². The van der Waals surface area contributed by atoms with E-state index in [-0.39, 0.29) is 17.7 Å². The Kier molecular flexibility index (Phi) is 4.99. The van der Waals surface area contributed by atoms with Gasteiger partial charge < -0.3 is 14.6 Å². The summed E-state index contributed by atoms with van der Waals surface area (Å²) in [5, 5.41) is 2.84. The molecule has 0 radical (unpaired) electrons. The van der Waals surface area contributed by atoms with Crippen LogP contribution in [0.3, 0.4) is 0 Å². The van der Waals surface area contributed by atoms with Gasteiger partial charge in [0.25, 0.3) is 5.91 Å². The molecule has 0 aliphatic carbocycles. The summed E-state index contributed by atoms with van der Waals surface area (Å²) in [5.74, 6) is 0.0946. The highest BCUT2D eigenvalue weighted by atomic mass is 79.9. The zero-order valence-electron chi connectivity index (χ0n) is 13.3. The standard InChI is InChI=1S/C17H18BrN3O3/c1-11-4-2-6-15(19-11)20-16(22)12-5-3-7-21(9-12)17(23)13-8-14(18)24-10-13/h2,4,6,8,10,12H,3,5,7,9H2,1H3,(H,19,20,22). The van der Waals surface area contributed by atoms with Gasteiger partial charge in [-0.3, -0.25) is 9.59 Å². The number of likely N-dealkylation sites (tertiary alicyclic amines) is 1. The lowest BCUT2D eigenvalue weighted by Gasteiger charge is -2.31. The number of halogens is 1. The first-order valence-electron chi connectivity index (χ1n) is 7.81. The molecule has 0 aromatic carbocycles. The van der Waals surface area contributed by atoms with E-state index in [1.54, 1.807) is 17.0 Å². The van der Waals surface area contributed by atoms with Crippen molar-refractivity contribution in [3.05, 3.63) is 46.5 Å². The van der Waals surface area contributed by atoms with Crippen LogP contribution in [0.4, 0.5) is 5.82 Å². The van der Waals surface area contributed by atoms with E-state index in [0.29, 0.717) is 29.1 Å². The van der Waals surface area contributed by atoms with E-state index in [1.165, 1.54) is 6.26 Å². The molecule has 6 nitrogen and oxygen atoms in total. The molecular formula is C17H18BrN3O3. The van der Waals surface area contributed by atoms with Gasteiger partial charge in [0.15, 0.2) is 4.67 Å². The summed E-state index contributed by atoms with van der Waals surface area (Å²) in [7, 11) is 0. The van der Waals surface area contributed by atoms with Crippen molar-refractivity contribution < 1.29 is 14.0 Å². The fourth-order valence-electron chi connectivity index (χ4n) is 2.82. The molecule has 24 heavy (non-hydrogen) atoms. The third kappa shape index (κ3) is 3.84. The number of carbonyl (C=O) groups excluding carboxylic acids is 2. The van der Waals surface area contributed by atoms with E-state index < -0.39 is 0 Å². The number of carbonyl (C=O) groups is 2. The molecule has 3 rings (SSSR count). The van der Waals surface area contributed by atoms with Crippen LogP contribution in [0, 0.1) is 12.8 Å². The lowest BCUT2D eigenvalue weighted by atomic mass is 9.96.